The second-order valence-corrected chi connectivity index (χ2v) is 6.91. The van der Waals surface area contributed by atoms with Crippen molar-refractivity contribution in [2.75, 3.05) is 31.6 Å². The van der Waals surface area contributed by atoms with Gasteiger partial charge in [-0.3, -0.25) is 4.90 Å². The van der Waals surface area contributed by atoms with Crippen molar-refractivity contribution < 1.29 is 4.74 Å². The molecule has 0 bridgehead atoms. The van der Waals surface area contributed by atoms with Crippen LogP contribution >= 0.6 is 0 Å². The fraction of sp³-hybridized carbons (Fsp3) is 0.667. The van der Waals surface area contributed by atoms with Gasteiger partial charge in [0, 0.05) is 30.9 Å². The fourth-order valence-corrected chi connectivity index (χ4v) is 3.97. The summed E-state index contributed by atoms with van der Waals surface area (Å²) in [5.74, 6) is 1.63. The molecule has 2 heterocycles. The Hall–Kier alpha value is -1.22. The van der Waals surface area contributed by atoms with Crippen molar-refractivity contribution in [3.8, 4) is 5.75 Å². The molecule has 1 aromatic rings. The van der Waals surface area contributed by atoms with E-state index in [1.165, 1.54) is 43.7 Å². The molecule has 2 aliphatic rings. The van der Waals surface area contributed by atoms with Crippen LogP contribution < -0.4 is 9.64 Å². The zero-order valence-electron chi connectivity index (χ0n) is 13.8. The van der Waals surface area contributed by atoms with E-state index in [0.717, 1.165) is 11.8 Å². The normalized spacial score (nSPS) is 26.2. The van der Waals surface area contributed by atoms with Gasteiger partial charge in [0.05, 0.1) is 7.11 Å². The number of rotatable bonds is 3. The Balaban J connectivity index is 1.90. The zero-order valence-corrected chi connectivity index (χ0v) is 13.8. The quantitative estimate of drug-likeness (QED) is 0.848. The minimum Gasteiger partial charge on any atom is -0.497 e. The number of hydrogen-bond donors (Lipinski definition) is 0. The van der Waals surface area contributed by atoms with Gasteiger partial charge >= 0.3 is 0 Å². The summed E-state index contributed by atoms with van der Waals surface area (Å²) in [7, 11) is 1.74. The second-order valence-electron chi connectivity index (χ2n) is 6.91. The van der Waals surface area contributed by atoms with Gasteiger partial charge in [-0.1, -0.05) is 13.8 Å². The molecule has 3 heteroatoms. The van der Waals surface area contributed by atoms with E-state index in [9.17, 15) is 0 Å². The maximum atomic E-state index is 5.35. The van der Waals surface area contributed by atoms with Crippen LogP contribution in [0.1, 0.15) is 32.3 Å². The summed E-state index contributed by atoms with van der Waals surface area (Å²) in [5, 5.41) is 0. The molecule has 116 valence electrons. The van der Waals surface area contributed by atoms with E-state index in [2.05, 4.69) is 48.8 Å². The lowest BCUT2D eigenvalue weighted by atomic mass is 9.95. The predicted octanol–water partition coefficient (Wildman–Crippen LogP) is 3.31. The third kappa shape index (κ3) is 2.76. The number of hydrogen-bond acceptors (Lipinski definition) is 3. The lowest BCUT2D eigenvalue weighted by Gasteiger charge is -2.47. The highest BCUT2D eigenvalue weighted by Crippen LogP contribution is 2.34. The van der Waals surface area contributed by atoms with Crippen molar-refractivity contribution in [3.63, 3.8) is 0 Å². The van der Waals surface area contributed by atoms with Crippen molar-refractivity contribution in [1.29, 1.82) is 0 Å². The van der Waals surface area contributed by atoms with Gasteiger partial charge in [-0.25, -0.2) is 0 Å². The lowest BCUT2D eigenvalue weighted by molar-refractivity contribution is 0.176. The first kappa shape index (κ1) is 14.7. The van der Waals surface area contributed by atoms with Crippen molar-refractivity contribution in [2.45, 2.75) is 45.7 Å². The van der Waals surface area contributed by atoms with Gasteiger partial charge in [0.2, 0.25) is 0 Å². The van der Waals surface area contributed by atoms with E-state index in [4.69, 9.17) is 4.74 Å². The van der Waals surface area contributed by atoms with Crippen LogP contribution in [-0.4, -0.2) is 43.7 Å². The van der Waals surface area contributed by atoms with Crippen LogP contribution in [0.3, 0.4) is 0 Å². The first-order chi connectivity index (χ1) is 10.1. The smallest absolute Gasteiger partial charge is 0.119 e. The molecular formula is C18H28N2O. The van der Waals surface area contributed by atoms with E-state index in [1.54, 1.807) is 7.11 Å². The number of nitrogens with zero attached hydrogens (tertiary/aromatic N) is 2. The fourth-order valence-electron chi connectivity index (χ4n) is 3.97. The highest BCUT2D eigenvalue weighted by atomic mass is 16.5. The third-order valence-corrected chi connectivity index (χ3v) is 5.21. The number of benzene rings is 1. The van der Waals surface area contributed by atoms with Crippen molar-refractivity contribution in [1.82, 2.24) is 4.90 Å². The Morgan fingerprint density at radius 3 is 2.71 bits per heavy atom. The van der Waals surface area contributed by atoms with Crippen molar-refractivity contribution in [2.24, 2.45) is 5.92 Å². The molecule has 0 aliphatic carbocycles. The summed E-state index contributed by atoms with van der Waals surface area (Å²) in [6.07, 6.45) is 2.72. The predicted molar refractivity (Wildman–Crippen MR) is 88.3 cm³/mol. The molecule has 3 nitrogen and oxygen atoms in total. The average Bonchev–Trinajstić information content (AvgIpc) is 2.93. The van der Waals surface area contributed by atoms with E-state index in [1.807, 2.05) is 0 Å². The Kier molecular flexibility index (Phi) is 4.12. The van der Waals surface area contributed by atoms with E-state index in [-0.39, 0.29) is 0 Å². The molecule has 0 aromatic heterocycles. The molecule has 21 heavy (non-hydrogen) atoms. The Morgan fingerprint density at radius 1 is 1.24 bits per heavy atom. The number of methoxy groups -OCH3 is 1. The molecule has 2 unspecified atom stereocenters. The topological polar surface area (TPSA) is 15.7 Å². The van der Waals surface area contributed by atoms with Crippen LogP contribution in [0.15, 0.2) is 18.2 Å². The molecule has 0 N–H and O–H groups in total. The molecule has 0 amide bonds. The summed E-state index contributed by atoms with van der Waals surface area (Å²) in [5.41, 5.74) is 2.72. The van der Waals surface area contributed by atoms with E-state index < -0.39 is 0 Å². The van der Waals surface area contributed by atoms with Crippen LogP contribution in [-0.2, 0) is 0 Å². The second kappa shape index (κ2) is 5.88. The minimum atomic E-state index is 0.617. The standard InChI is InChI=1S/C18H28N2O/c1-13(2)18-12-19-9-5-6-15(19)11-20(18)17-8-7-16(21-4)10-14(17)3/h7-8,10,13,15,18H,5-6,9,11-12H2,1-4H3. The summed E-state index contributed by atoms with van der Waals surface area (Å²) in [6.45, 7) is 10.6. The highest BCUT2D eigenvalue weighted by molar-refractivity contribution is 5.57. The minimum absolute atomic E-state index is 0.617. The summed E-state index contributed by atoms with van der Waals surface area (Å²) < 4.78 is 5.35. The molecule has 2 fully saturated rings. The first-order valence-corrected chi connectivity index (χ1v) is 8.25. The van der Waals surface area contributed by atoms with Crippen LogP contribution in [0, 0.1) is 12.8 Å². The average molecular weight is 288 g/mol. The largest absolute Gasteiger partial charge is 0.497 e. The Morgan fingerprint density at radius 2 is 2.05 bits per heavy atom. The van der Waals surface area contributed by atoms with Gasteiger partial charge in [-0.15, -0.1) is 0 Å². The number of piperazine rings is 1. The Bertz CT molecular complexity index is 500. The van der Waals surface area contributed by atoms with Crippen LogP contribution in [0.2, 0.25) is 0 Å². The molecule has 2 aliphatic heterocycles. The Labute approximate surface area is 128 Å². The van der Waals surface area contributed by atoms with Crippen molar-refractivity contribution in [3.05, 3.63) is 23.8 Å². The number of ether oxygens (including phenoxy) is 1. The van der Waals surface area contributed by atoms with Crippen molar-refractivity contribution >= 4 is 5.69 Å². The first-order valence-electron chi connectivity index (χ1n) is 8.25. The maximum absolute atomic E-state index is 5.35. The number of fused-ring (bicyclic) bond motifs is 1. The molecule has 0 spiro atoms. The molecule has 2 saturated heterocycles. The maximum Gasteiger partial charge on any atom is 0.119 e. The summed E-state index contributed by atoms with van der Waals surface area (Å²) in [6, 6.07) is 7.87. The molecule has 3 rings (SSSR count). The zero-order chi connectivity index (χ0) is 15.0. The SMILES string of the molecule is COc1ccc(N2CC3CCCN3CC2C(C)C)c(C)c1. The molecule has 1 aromatic carbocycles. The molecule has 2 atom stereocenters. The molecular weight excluding hydrogens is 260 g/mol. The van der Waals surface area contributed by atoms with Gasteiger partial charge in [-0.2, -0.15) is 0 Å². The summed E-state index contributed by atoms with van der Waals surface area (Å²) >= 11 is 0. The van der Waals surface area contributed by atoms with E-state index in [0.29, 0.717) is 12.0 Å². The lowest BCUT2D eigenvalue weighted by Crippen LogP contribution is -2.58. The third-order valence-electron chi connectivity index (χ3n) is 5.21. The van der Waals surface area contributed by atoms with Crippen LogP contribution in [0.25, 0.3) is 0 Å². The van der Waals surface area contributed by atoms with Crippen LogP contribution in [0.4, 0.5) is 5.69 Å². The van der Waals surface area contributed by atoms with Gasteiger partial charge in [0.25, 0.3) is 0 Å². The van der Waals surface area contributed by atoms with E-state index >= 15 is 0 Å². The molecule has 0 saturated carbocycles. The highest BCUT2D eigenvalue weighted by Gasteiger charge is 2.37. The number of aryl methyl sites for hydroxylation is 1. The monoisotopic (exact) mass is 288 g/mol. The van der Waals surface area contributed by atoms with Gasteiger partial charge in [0.15, 0.2) is 0 Å². The van der Waals surface area contributed by atoms with Gasteiger partial charge < -0.3 is 9.64 Å². The van der Waals surface area contributed by atoms with Gasteiger partial charge in [0.1, 0.15) is 5.75 Å². The number of anilines is 1. The van der Waals surface area contributed by atoms with Gasteiger partial charge in [-0.05, 0) is 56.0 Å². The summed E-state index contributed by atoms with van der Waals surface area (Å²) in [4.78, 5) is 5.37. The van der Waals surface area contributed by atoms with Crippen LogP contribution in [0.5, 0.6) is 5.75 Å². The molecule has 0 radical (unpaired) electrons.